The van der Waals surface area contributed by atoms with E-state index in [0.29, 0.717) is 10.8 Å². The predicted molar refractivity (Wildman–Crippen MR) is 123 cm³/mol. The van der Waals surface area contributed by atoms with Crippen molar-refractivity contribution in [1.29, 1.82) is 0 Å². The Balaban J connectivity index is 1.63. The maximum atomic E-state index is 10.7. The molecule has 3 rings (SSSR count). The van der Waals surface area contributed by atoms with Crippen LogP contribution in [0.3, 0.4) is 0 Å². The SMILES string of the molecule is CC[C@@H](C)Oc1ccc(C=Nc2ccc(Sc3ccc([N+](=O)[O-])cc3)cc2)cc1Cl. The van der Waals surface area contributed by atoms with Gasteiger partial charge >= 0.3 is 0 Å². The number of hydrogen-bond acceptors (Lipinski definition) is 5. The summed E-state index contributed by atoms with van der Waals surface area (Å²) in [6.07, 6.45) is 2.79. The number of nitrogens with zero attached hydrogens (tertiary/aromatic N) is 2. The topological polar surface area (TPSA) is 64.7 Å². The first kappa shape index (κ1) is 21.9. The Morgan fingerprint density at radius 3 is 2.30 bits per heavy atom. The minimum absolute atomic E-state index is 0.0867. The molecule has 0 fully saturated rings. The summed E-state index contributed by atoms with van der Waals surface area (Å²) in [5, 5.41) is 11.3. The van der Waals surface area contributed by atoms with Crippen molar-refractivity contribution in [2.24, 2.45) is 4.99 Å². The average Bonchev–Trinajstić information content (AvgIpc) is 2.75. The van der Waals surface area contributed by atoms with Crippen molar-refractivity contribution in [1.82, 2.24) is 0 Å². The number of non-ortho nitro benzene ring substituents is 1. The molecule has 0 aliphatic carbocycles. The van der Waals surface area contributed by atoms with E-state index in [1.165, 1.54) is 23.9 Å². The van der Waals surface area contributed by atoms with Crippen LogP contribution in [-0.4, -0.2) is 17.2 Å². The second-order valence-electron chi connectivity index (χ2n) is 6.63. The zero-order valence-electron chi connectivity index (χ0n) is 16.6. The summed E-state index contributed by atoms with van der Waals surface area (Å²) in [6.45, 7) is 4.07. The Kier molecular flexibility index (Phi) is 7.49. The molecule has 0 spiro atoms. The Labute approximate surface area is 184 Å². The fraction of sp³-hybridized carbons (Fsp3) is 0.174. The standard InChI is InChI=1S/C23H21ClN2O3S/c1-3-16(2)29-23-13-4-17(14-22(23)24)15-25-18-5-9-20(10-6-18)30-21-11-7-19(8-12-21)26(27)28/h4-16H,3H2,1-2H3/t16-/m1/s1. The first-order chi connectivity index (χ1) is 14.4. The molecule has 0 aliphatic rings. The van der Waals surface area contributed by atoms with E-state index >= 15 is 0 Å². The van der Waals surface area contributed by atoms with Crippen LogP contribution in [0.5, 0.6) is 5.75 Å². The highest BCUT2D eigenvalue weighted by Gasteiger charge is 2.07. The van der Waals surface area contributed by atoms with E-state index in [1.807, 2.05) is 49.4 Å². The number of aliphatic imine (C=N–C) groups is 1. The molecule has 0 amide bonds. The van der Waals surface area contributed by atoms with Crippen molar-refractivity contribution in [2.75, 3.05) is 0 Å². The predicted octanol–water partition coefficient (Wildman–Crippen LogP) is 7.33. The van der Waals surface area contributed by atoms with Gasteiger partial charge in [0.2, 0.25) is 0 Å². The first-order valence-electron chi connectivity index (χ1n) is 9.47. The molecule has 0 saturated carbocycles. The van der Waals surface area contributed by atoms with Crippen molar-refractivity contribution < 1.29 is 9.66 Å². The minimum atomic E-state index is -0.402. The first-order valence-corrected chi connectivity index (χ1v) is 10.7. The van der Waals surface area contributed by atoms with Gasteiger partial charge < -0.3 is 4.74 Å². The molecular formula is C23H21ClN2O3S. The Bertz CT molecular complexity index is 1040. The van der Waals surface area contributed by atoms with E-state index < -0.39 is 4.92 Å². The molecule has 154 valence electrons. The fourth-order valence-electron chi connectivity index (χ4n) is 2.51. The number of ether oxygens (including phenoxy) is 1. The van der Waals surface area contributed by atoms with Crippen LogP contribution in [-0.2, 0) is 0 Å². The lowest BCUT2D eigenvalue weighted by Gasteiger charge is -2.13. The van der Waals surface area contributed by atoms with Gasteiger partial charge in [-0.2, -0.15) is 0 Å². The minimum Gasteiger partial charge on any atom is -0.489 e. The van der Waals surface area contributed by atoms with Crippen molar-refractivity contribution in [3.63, 3.8) is 0 Å². The molecule has 3 aromatic rings. The number of hydrogen-bond donors (Lipinski definition) is 0. The summed E-state index contributed by atoms with van der Waals surface area (Å²) >= 11 is 7.85. The molecule has 5 nitrogen and oxygen atoms in total. The molecule has 0 bridgehead atoms. The van der Waals surface area contributed by atoms with Crippen LogP contribution in [0.25, 0.3) is 0 Å². The summed E-state index contributed by atoms with van der Waals surface area (Å²) in [5.74, 6) is 0.677. The van der Waals surface area contributed by atoms with Crippen molar-refractivity contribution in [2.45, 2.75) is 36.2 Å². The highest BCUT2D eigenvalue weighted by atomic mass is 35.5. The number of benzene rings is 3. The summed E-state index contributed by atoms with van der Waals surface area (Å²) in [5.41, 5.74) is 1.79. The van der Waals surface area contributed by atoms with Gasteiger partial charge in [-0.05, 0) is 73.5 Å². The highest BCUT2D eigenvalue weighted by Crippen LogP contribution is 2.30. The van der Waals surface area contributed by atoms with Crippen molar-refractivity contribution in [3.8, 4) is 5.75 Å². The smallest absolute Gasteiger partial charge is 0.269 e. The lowest BCUT2D eigenvalue weighted by atomic mass is 10.2. The molecule has 0 radical (unpaired) electrons. The third-order valence-electron chi connectivity index (χ3n) is 4.34. The summed E-state index contributed by atoms with van der Waals surface area (Å²) in [6, 6.07) is 19.9. The van der Waals surface area contributed by atoms with E-state index in [0.717, 1.165) is 27.5 Å². The molecule has 30 heavy (non-hydrogen) atoms. The second-order valence-corrected chi connectivity index (χ2v) is 8.19. The Morgan fingerprint density at radius 2 is 1.73 bits per heavy atom. The van der Waals surface area contributed by atoms with E-state index in [4.69, 9.17) is 16.3 Å². The van der Waals surface area contributed by atoms with Crippen LogP contribution in [0.4, 0.5) is 11.4 Å². The van der Waals surface area contributed by atoms with Crippen LogP contribution < -0.4 is 4.74 Å². The second kappa shape index (κ2) is 10.3. The summed E-state index contributed by atoms with van der Waals surface area (Å²) in [4.78, 5) is 16.8. The van der Waals surface area contributed by atoms with Gasteiger partial charge in [0.25, 0.3) is 5.69 Å². The van der Waals surface area contributed by atoms with E-state index in [2.05, 4.69) is 11.9 Å². The van der Waals surface area contributed by atoms with Gasteiger partial charge in [0.05, 0.1) is 21.7 Å². The molecule has 3 aromatic carbocycles. The molecule has 0 heterocycles. The van der Waals surface area contributed by atoms with Gasteiger partial charge in [-0.25, -0.2) is 0 Å². The lowest BCUT2D eigenvalue weighted by Crippen LogP contribution is -2.09. The normalized spacial score (nSPS) is 12.1. The van der Waals surface area contributed by atoms with E-state index in [9.17, 15) is 10.1 Å². The zero-order valence-corrected chi connectivity index (χ0v) is 18.2. The van der Waals surface area contributed by atoms with Crippen LogP contribution >= 0.6 is 23.4 Å². The number of nitro groups is 1. The molecular weight excluding hydrogens is 420 g/mol. The van der Waals surface area contributed by atoms with E-state index in [-0.39, 0.29) is 11.8 Å². The van der Waals surface area contributed by atoms with Gasteiger partial charge in [0.15, 0.2) is 0 Å². The average molecular weight is 441 g/mol. The summed E-state index contributed by atoms with van der Waals surface area (Å²) < 4.78 is 5.78. The van der Waals surface area contributed by atoms with Gasteiger partial charge in [0.1, 0.15) is 5.75 Å². The molecule has 0 N–H and O–H groups in total. The van der Waals surface area contributed by atoms with Crippen LogP contribution in [0, 0.1) is 10.1 Å². The zero-order chi connectivity index (χ0) is 21.5. The molecule has 1 atom stereocenters. The van der Waals surface area contributed by atoms with Crippen LogP contribution in [0.1, 0.15) is 25.8 Å². The highest BCUT2D eigenvalue weighted by molar-refractivity contribution is 7.99. The fourth-order valence-corrected chi connectivity index (χ4v) is 3.56. The lowest BCUT2D eigenvalue weighted by molar-refractivity contribution is -0.384. The van der Waals surface area contributed by atoms with Gasteiger partial charge in [-0.1, -0.05) is 30.3 Å². The molecule has 7 heteroatoms. The third kappa shape index (κ3) is 6.08. The van der Waals surface area contributed by atoms with Crippen LogP contribution in [0.15, 0.2) is 81.5 Å². The number of halogens is 1. The maximum Gasteiger partial charge on any atom is 0.269 e. The third-order valence-corrected chi connectivity index (χ3v) is 5.65. The van der Waals surface area contributed by atoms with E-state index in [1.54, 1.807) is 18.3 Å². The van der Waals surface area contributed by atoms with Gasteiger partial charge in [-0.15, -0.1) is 0 Å². The molecule has 0 aliphatic heterocycles. The van der Waals surface area contributed by atoms with Gasteiger partial charge in [0, 0.05) is 28.1 Å². The summed E-state index contributed by atoms with van der Waals surface area (Å²) in [7, 11) is 0. The van der Waals surface area contributed by atoms with Crippen molar-refractivity contribution >= 4 is 41.0 Å². The molecule has 0 saturated heterocycles. The molecule has 0 aromatic heterocycles. The monoisotopic (exact) mass is 440 g/mol. The van der Waals surface area contributed by atoms with Gasteiger partial charge in [-0.3, -0.25) is 15.1 Å². The largest absolute Gasteiger partial charge is 0.489 e. The Hall–Kier alpha value is -2.83. The number of nitro benzene ring substituents is 1. The van der Waals surface area contributed by atoms with Crippen LogP contribution in [0.2, 0.25) is 5.02 Å². The molecule has 0 unspecified atom stereocenters. The quantitative estimate of drug-likeness (QED) is 0.209. The van der Waals surface area contributed by atoms with Crippen molar-refractivity contribution in [3.05, 3.63) is 87.4 Å². The maximum absolute atomic E-state index is 10.7. The number of rotatable bonds is 8. The Morgan fingerprint density at radius 1 is 1.10 bits per heavy atom.